The Morgan fingerprint density at radius 3 is 2.26 bits per heavy atom. The lowest BCUT2D eigenvalue weighted by atomic mass is 10.0. The predicted octanol–water partition coefficient (Wildman–Crippen LogP) is 4.55. The molecule has 4 amide bonds. The number of nitrogens with two attached hydrogens (primary N) is 1. The lowest BCUT2D eigenvalue weighted by molar-refractivity contribution is -0.132. The SMILES string of the molecule is CN(C)C(=O)CNC(=O)[C@H](Cc1ccc(C(=O)Nc2cc(-c3cccs3)ccc2N)cc1)N(Cc1ccccc1)C(=O)O. The second-order valence-electron chi connectivity index (χ2n) is 10.1. The average Bonchev–Trinajstić information content (AvgIpc) is 3.54. The van der Waals surface area contributed by atoms with Crippen molar-refractivity contribution in [3.8, 4) is 10.4 Å². The number of hydrogen-bond donors (Lipinski definition) is 4. The molecule has 3 aromatic carbocycles. The fraction of sp³-hybridized carbons (Fsp3) is 0.188. The van der Waals surface area contributed by atoms with E-state index in [1.165, 1.54) is 4.90 Å². The van der Waals surface area contributed by atoms with E-state index in [2.05, 4.69) is 10.6 Å². The molecule has 10 nitrogen and oxygen atoms in total. The zero-order valence-electron chi connectivity index (χ0n) is 23.8. The number of carbonyl (C=O) groups excluding carboxylic acids is 3. The first-order valence-corrected chi connectivity index (χ1v) is 14.4. The number of anilines is 2. The third-order valence-electron chi connectivity index (χ3n) is 6.79. The third kappa shape index (κ3) is 8.20. The Morgan fingerprint density at radius 2 is 1.63 bits per heavy atom. The van der Waals surface area contributed by atoms with Crippen LogP contribution in [0, 0.1) is 0 Å². The second-order valence-corrected chi connectivity index (χ2v) is 11.0. The first kappa shape index (κ1) is 30.8. The van der Waals surface area contributed by atoms with Crippen molar-refractivity contribution >= 4 is 46.5 Å². The first-order valence-electron chi connectivity index (χ1n) is 13.5. The van der Waals surface area contributed by atoms with Gasteiger partial charge in [0.1, 0.15) is 6.04 Å². The van der Waals surface area contributed by atoms with Crippen LogP contribution in [0.5, 0.6) is 0 Å². The molecule has 0 aliphatic rings. The summed E-state index contributed by atoms with van der Waals surface area (Å²) in [6.45, 7) is -0.292. The highest BCUT2D eigenvalue weighted by molar-refractivity contribution is 7.13. The van der Waals surface area contributed by atoms with Crippen LogP contribution in [-0.4, -0.2) is 65.4 Å². The van der Waals surface area contributed by atoms with Gasteiger partial charge in [0.05, 0.1) is 17.9 Å². The van der Waals surface area contributed by atoms with Crippen molar-refractivity contribution in [3.63, 3.8) is 0 Å². The van der Waals surface area contributed by atoms with Crippen LogP contribution in [0.4, 0.5) is 16.2 Å². The van der Waals surface area contributed by atoms with Crippen molar-refractivity contribution in [1.82, 2.24) is 15.1 Å². The van der Waals surface area contributed by atoms with Crippen LogP contribution in [0.25, 0.3) is 10.4 Å². The van der Waals surface area contributed by atoms with Gasteiger partial charge in [-0.25, -0.2) is 4.79 Å². The summed E-state index contributed by atoms with van der Waals surface area (Å²) in [6, 6.07) is 23.8. The third-order valence-corrected chi connectivity index (χ3v) is 7.70. The van der Waals surface area contributed by atoms with E-state index in [1.54, 1.807) is 80.0 Å². The van der Waals surface area contributed by atoms with E-state index >= 15 is 0 Å². The maximum absolute atomic E-state index is 13.3. The summed E-state index contributed by atoms with van der Waals surface area (Å²) < 4.78 is 0. The smallest absolute Gasteiger partial charge is 0.408 e. The van der Waals surface area contributed by atoms with Gasteiger partial charge in [0, 0.05) is 37.5 Å². The van der Waals surface area contributed by atoms with Crippen molar-refractivity contribution in [2.45, 2.75) is 19.0 Å². The van der Waals surface area contributed by atoms with Gasteiger partial charge in [-0.3, -0.25) is 19.3 Å². The van der Waals surface area contributed by atoms with E-state index in [1.807, 2.05) is 35.7 Å². The molecule has 0 saturated heterocycles. The fourth-order valence-electron chi connectivity index (χ4n) is 4.34. The minimum atomic E-state index is -1.28. The van der Waals surface area contributed by atoms with Crippen molar-refractivity contribution in [1.29, 1.82) is 0 Å². The molecule has 222 valence electrons. The lowest BCUT2D eigenvalue weighted by Gasteiger charge is -2.29. The largest absolute Gasteiger partial charge is 0.465 e. The van der Waals surface area contributed by atoms with Gasteiger partial charge in [-0.05, 0) is 52.4 Å². The molecule has 0 unspecified atom stereocenters. The molecule has 4 aromatic rings. The zero-order valence-corrected chi connectivity index (χ0v) is 24.6. The summed E-state index contributed by atoms with van der Waals surface area (Å²) in [5, 5.41) is 17.5. The molecule has 0 radical (unpaired) electrons. The molecule has 0 saturated carbocycles. The molecule has 0 spiro atoms. The molecule has 4 rings (SSSR count). The maximum Gasteiger partial charge on any atom is 0.408 e. The monoisotopic (exact) mass is 599 g/mol. The van der Waals surface area contributed by atoms with E-state index in [4.69, 9.17) is 5.73 Å². The summed E-state index contributed by atoms with van der Waals surface area (Å²) in [5.74, 6) is -1.29. The molecule has 0 aliphatic carbocycles. The number of amides is 4. The number of hydrogen-bond acceptors (Lipinski definition) is 6. The number of thiophene rings is 1. The molecule has 43 heavy (non-hydrogen) atoms. The summed E-state index contributed by atoms with van der Waals surface area (Å²) in [4.78, 5) is 54.2. The number of nitrogen functional groups attached to an aromatic ring is 1. The number of likely N-dealkylation sites (N-methyl/N-ethyl adjacent to an activating group) is 1. The average molecular weight is 600 g/mol. The van der Waals surface area contributed by atoms with E-state index < -0.39 is 18.0 Å². The quantitative estimate of drug-likeness (QED) is 0.186. The highest BCUT2D eigenvalue weighted by Gasteiger charge is 2.30. The number of nitrogens with one attached hydrogen (secondary N) is 2. The Bertz CT molecular complexity index is 1570. The highest BCUT2D eigenvalue weighted by Crippen LogP contribution is 2.30. The molecular weight excluding hydrogens is 566 g/mol. The van der Waals surface area contributed by atoms with Crippen LogP contribution in [0.3, 0.4) is 0 Å². The van der Waals surface area contributed by atoms with Crippen LogP contribution in [-0.2, 0) is 22.6 Å². The topological polar surface area (TPSA) is 145 Å². The molecule has 1 heterocycles. The number of rotatable bonds is 11. The minimum absolute atomic E-state index is 0.0255. The van der Waals surface area contributed by atoms with E-state index in [0.717, 1.165) is 15.3 Å². The molecule has 0 fully saturated rings. The van der Waals surface area contributed by atoms with E-state index in [-0.39, 0.29) is 31.3 Å². The van der Waals surface area contributed by atoms with Gasteiger partial charge in [-0.15, -0.1) is 11.3 Å². The van der Waals surface area contributed by atoms with Crippen molar-refractivity contribution in [2.75, 3.05) is 31.7 Å². The molecule has 1 aromatic heterocycles. The number of carboxylic acid groups (broad SMARTS) is 1. The molecule has 5 N–H and O–H groups in total. The van der Waals surface area contributed by atoms with Crippen LogP contribution >= 0.6 is 11.3 Å². The Balaban J connectivity index is 1.52. The first-order chi connectivity index (χ1) is 20.6. The van der Waals surface area contributed by atoms with Crippen molar-refractivity contribution in [3.05, 3.63) is 107 Å². The molecule has 11 heteroatoms. The zero-order chi connectivity index (χ0) is 30.9. The lowest BCUT2D eigenvalue weighted by Crippen LogP contribution is -2.51. The Kier molecular flexibility index (Phi) is 10.1. The van der Waals surface area contributed by atoms with Crippen LogP contribution in [0.15, 0.2) is 90.3 Å². The summed E-state index contributed by atoms with van der Waals surface area (Å²) >= 11 is 1.58. The van der Waals surface area contributed by atoms with E-state index in [0.29, 0.717) is 28.1 Å². The highest BCUT2D eigenvalue weighted by atomic mass is 32.1. The fourth-order valence-corrected chi connectivity index (χ4v) is 5.07. The van der Waals surface area contributed by atoms with Crippen molar-refractivity contribution < 1.29 is 24.3 Å². The van der Waals surface area contributed by atoms with Gasteiger partial charge in [0.25, 0.3) is 5.91 Å². The summed E-state index contributed by atoms with van der Waals surface area (Å²) in [6.07, 6.45) is -1.25. The number of nitrogens with zero attached hydrogens (tertiary/aromatic N) is 2. The van der Waals surface area contributed by atoms with Crippen molar-refractivity contribution in [2.24, 2.45) is 0 Å². The van der Waals surface area contributed by atoms with Gasteiger partial charge < -0.3 is 26.4 Å². The number of benzene rings is 3. The summed E-state index contributed by atoms with van der Waals surface area (Å²) in [5.41, 5.74) is 9.68. The summed E-state index contributed by atoms with van der Waals surface area (Å²) in [7, 11) is 3.13. The molecule has 0 aliphatic heterocycles. The predicted molar refractivity (Wildman–Crippen MR) is 168 cm³/mol. The number of carbonyl (C=O) groups is 4. The Labute approximate surface area is 253 Å². The van der Waals surface area contributed by atoms with E-state index in [9.17, 15) is 24.3 Å². The van der Waals surface area contributed by atoms with Gasteiger partial charge in [-0.1, -0.05) is 54.6 Å². The van der Waals surface area contributed by atoms with Gasteiger partial charge >= 0.3 is 6.09 Å². The minimum Gasteiger partial charge on any atom is -0.465 e. The molecule has 0 bridgehead atoms. The Morgan fingerprint density at radius 1 is 0.907 bits per heavy atom. The van der Waals surface area contributed by atoms with Crippen LogP contribution in [0.2, 0.25) is 0 Å². The standard InChI is InChI=1S/C32H33N5O5S/c1-36(2)29(38)19-34-31(40)27(37(32(41)42)20-22-7-4-3-5-8-22)17-21-10-12-23(13-11-21)30(39)35-26-18-24(14-15-25(26)33)28-9-6-16-43-28/h3-16,18,27H,17,19-20,33H2,1-2H3,(H,34,40)(H,35,39)(H,41,42)/t27-/m0/s1. The second kappa shape index (κ2) is 14.1. The maximum atomic E-state index is 13.3. The van der Waals surface area contributed by atoms with Crippen LogP contribution in [0.1, 0.15) is 21.5 Å². The van der Waals surface area contributed by atoms with Gasteiger partial charge in [0.15, 0.2) is 0 Å². The van der Waals surface area contributed by atoms with Gasteiger partial charge in [-0.2, -0.15) is 0 Å². The molecular formula is C32H33N5O5S. The molecule has 1 atom stereocenters. The van der Waals surface area contributed by atoms with Gasteiger partial charge in [0.2, 0.25) is 11.8 Å². The Hall–Kier alpha value is -5.16. The van der Waals surface area contributed by atoms with Crippen LogP contribution < -0.4 is 16.4 Å². The normalized spacial score (nSPS) is 11.3.